The maximum absolute atomic E-state index is 13.7. The summed E-state index contributed by atoms with van der Waals surface area (Å²) >= 11 is 0. The van der Waals surface area contributed by atoms with Crippen molar-refractivity contribution in [3.05, 3.63) is 35.4 Å². The van der Waals surface area contributed by atoms with Crippen LogP contribution in [0.2, 0.25) is 0 Å². The Kier molecular flexibility index (Phi) is 4.49. The van der Waals surface area contributed by atoms with Crippen molar-refractivity contribution in [2.75, 3.05) is 0 Å². The first kappa shape index (κ1) is 16.4. The van der Waals surface area contributed by atoms with Crippen LogP contribution in [0.15, 0.2) is 18.2 Å². The van der Waals surface area contributed by atoms with Crippen molar-refractivity contribution >= 4 is 11.9 Å². The van der Waals surface area contributed by atoms with Gasteiger partial charge in [0.05, 0.1) is 0 Å². The molecule has 6 heteroatoms. The van der Waals surface area contributed by atoms with E-state index >= 15 is 0 Å². The van der Waals surface area contributed by atoms with Crippen LogP contribution in [0.5, 0.6) is 0 Å². The Hall–Kier alpha value is -1.98. The average molecular weight is 311 g/mol. The number of hydrogen-bond acceptors (Lipinski definition) is 2. The second-order valence-corrected chi connectivity index (χ2v) is 6.35. The molecule has 0 heterocycles. The zero-order valence-corrected chi connectivity index (χ0v) is 12.5. The minimum atomic E-state index is -0.931. The third kappa shape index (κ3) is 3.81. The fraction of sp³-hybridized carbons (Fsp3) is 0.500. The van der Waals surface area contributed by atoms with Crippen LogP contribution in [-0.4, -0.2) is 22.5 Å². The van der Waals surface area contributed by atoms with Gasteiger partial charge in [-0.2, -0.15) is 0 Å². The van der Waals surface area contributed by atoms with Crippen molar-refractivity contribution in [2.24, 2.45) is 5.92 Å². The summed E-state index contributed by atoms with van der Waals surface area (Å²) in [7, 11) is 0. The smallest absolute Gasteiger partial charge is 0.303 e. The van der Waals surface area contributed by atoms with E-state index in [1.165, 1.54) is 18.2 Å². The summed E-state index contributed by atoms with van der Waals surface area (Å²) in [4.78, 5) is 22.8. The van der Waals surface area contributed by atoms with Crippen molar-refractivity contribution < 1.29 is 23.5 Å². The first-order chi connectivity index (χ1) is 10.2. The zero-order chi connectivity index (χ0) is 16.5. The standard InChI is InChI=1S/C16H19F2NO3/c1-16(2,7-6-13(20)21)19-15(22)10-8-9(10)14-11(17)4-3-5-12(14)18/h3-5,9-10H,6-8H2,1-2H3,(H,19,22)(H,20,21). The summed E-state index contributed by atoms with van der Waals surface area (Å²) in [5.41, 5.74) is -0.706. The Morgan fingerprint density at radius 3 is 2.45 bits per heavy atom. The van der Waals surface area contributed by atoms with Gasteiger partial charge < -0.3 is 10.4 Å². The molecule has 0 saturated heterocycles. The number of carbonyl (C=O) groups is 2. The average Bonchev–Trinajstić information content (AvgIpc) is 3.16. The van der Waals surface area contributed by atoms with Crippen LogP contribution in [-0.2, 0) is 9.59 Å². The third-order valence-corrected chi connectivity index (χ3v) is 3.92. The van der Waals surface area contributed by atoms with Crippen LogP contribution in [0.3, 0.4) is 0 Å². The third-order valence-electron chi connectivity index (χ3n) is 3.92. The molecule has 1 aliphatic rings. The molecule has 4 nitrogen and oxygen atoms in total. The molecule has 1 amide bonds. The molecule has 1 saturated carbocycles. The van der Waals surface area contributed by atoms with E-state index in [9.17, 15) is 18.4 Å². The lowest BCUT2D eigenvalue weighted by Crippen LogP contribution is -2.44. The molecule has 1 fully saturated rings. The number of rotatable bonds is 6. The second-order valence-electron chi connectivity index (χ2n) is 6.35. The van der Waals surface area contributed by atoms with E-state index < -0.39 is 35.0 Å². The first-order valence-corrected chi connectivity index (χ1v) is 7.19. The normalized spacial score (nSPS) is 20.5. The maximum Gasteiger partial charge on any atom is 0.303 e. The summed E-state index contributed by atoms with van der Waals surface area (Å²) < 4.78 is 27.4. The Morgan fingerprint density at radius 1 is 1.32 bits per heavy atom. The van der Waals surface area contributed by atoms with E-state index in [1.807, 2.05) is 0 Å². The van der Waals surface area contributed by atoms with Gasteiger partial charge in [0.25, 0.3) is 0 Å². The number of aliphatic carboxylic acids is 1. The monoisotopic (exact) mass is 311 g/mol. The fourth-order valence-corrected chi connectivity index (χ4v) is 2.58. The highest BCUT2D eigenvalue weighted by Crippen LogP contribution is 2.49. The zero-order valence-electron chi connectivity index (χ0n) is 12.5. The number of carbonyl (C=O) groups excluding carboxylic acids is 1. The van der Waals surface area contributed by atoms with Gasteiger partial charge in [0.1, 0.15) is 11.6 Å². The van der Waals surface area contributed by atoms with Crippen LogP contribution in [0, 0.1) is 17.6 Å². The minimum absolute atomic E-state index is 0.0361. The Morgan fingerprint density at radius 2 is 1.91 bits per heavy atom. The van der Waals surface area contributed by atoms with E-state index in [2.05, 4.69) is 5.32 Å². The molecule has 2 unspecified atom stereocenters. The summed E-state index contributed by atoms with van der Waals surface area (Å²) in [5, 5.41) is 11.5. The molecule has 0 aromatic heterocycles. The number of carboxylic acid groups (broad SMARTS) is 1. The lowest BCUT2D eigenvalue weighted by Gasteiger charge is -2.25. The molecule has 1 aliphatic carbocycles. The second kappa shape index (κ2) is 6.02. The molecular formula is C16H19F2NO3. The van der Waals surface area contributed by atoms with Crippen LogP contribution in [0.25, 0.3) is 0 Å². The highest BCUT2D eigenvalue weighted by molar-refractivity contribution is 5.83. The summed E-state index contributed by atoms with van der Waals surface area (Å²) in [5.74, 6) is -3.40. The molecule has 1 aromatic rings. The molecule has 1 aromatic carbocycles. The fourth-order valence-electron chi connectivity index (χ4n) is 2.58. The van der Waals surface area contributed by atoms with Crippen LogP contribution < -0.4 is 5.32 Å². The van der Waals surface area contributed by atoms with E-state index in [-0.39, 0.29) is 17.9 Å². The highest BCUT2D eigenvalue weighted by atomic mass is 19.1. The van der Waals surface area contributed by atoms with E-state index in [1.54, 1.807) is 13.8 Å². The molecule has 120 valence electrons. The van der Waals surface area contributed by atoms with Crippen molar-refractivity contribution in [1.82, 2.24) is 5.32 Å². The minimum Gasteiger partial charge on any atom is -0.481 e. The van der Waals surface area contributed by atoms with Gasteiger partial charge in [-0.05, 0) is 38.8 Å². The molecule has 2 atom stereocenters. The Balaban J connectivity index is 1.97. The summed E-state index contributed by atoms with van der Waals surface area (Å²) in [6.07, 6.45) is 0.640. The number of amides is 1. The van der Waals surface area contributed by atoms with Gasteiger partial charge in [0.2, 0.25) is 5.91 Å². The molecule has 0 radical (unpaired) electrons. The van der Waals surface area contributed by atoms with Gasteiger partial charge in [-0.25, -0.2) is 8.78 Å². The predicted molar refractivity (Wildman–Crippen MR) is 76.3 cm³/mol. The molecule has 2 rings (SSSR count). The molecule has 2 N–H and O–H groups in total. The van der Waals surface area contributed by atoms with Gasteiger partial charge in [-0.1, -0.05) is 6.07 Å². The Bertz CT molecular complexity index is 581. The quantitative estimate of drug-likeness (QED) is 0.849. The summed E-state index contributed by atoms with van der Waals surface area (Å²) in [6.45, 7) is 3.46. The number of nitrogens with one attached hydrogen (secondary N) is 1. The van der Waals surface area contributed by atoms with Gasteiger partial charge in [-0.15, -0.1) is 0 Å². The van der Waals surface area contributed by atoms with Crippen molar-refractivity contribution in [2.45, 2.75) is 44.6 Å². The van der Waals surface area contributed by atoms with Crippen LogP contribution in [0.1, 0.15) is 44.6 Å². The first-order valence-electron chi connectivity index (χ1n) is 7.19. The molecule has 0 aliphatic heterocycles. The number of benzene rings is 1. The molecule has 0 bridgehead atoms. The van der Waals surface area contributed by atoms with Gasteiger partial charge in [-0.3, -0.25) is 9.59 Å². The molecule has 22 heavy (non-hydrogen) atoms. The predicted octanol–water partition coefficient (Wildman–Crippen LogP) is 2.83. The van der Waals surface area contributed by atoms with Gasteiger partial charge in [0.15, 0.2) is 0 Å². The molecular weight excluding hydrogens is 292 g/mol. The van der Waals surface area contributed by atoms with E-state index in [4.69, 9.17) is 5.11 Å². The van der Waals surface area contributed by atoms with Crippen LogP contribution >= 0.6 is 0 Å². The molecule has 0 spiro atoms. The van der Waals surface area contributed by atoms with Gasteiger partial charge >= 0.3 is 5.97 Å². The van der Waals surface area contributed by atoms with Crippen molar-refractivity contribution in [3.63, 3.8) is 0 Å². The van der Waals surface area contributed by atoms with Gasteiger partial charge in [0, 0.05) is 29.4 Å². The Labute approximate surface area is 127 Å². The maximum atomic E-state index is 13.7. The van der Waals surface area contributed by atoms with E-state index in [0.717, 1.165) is 0 Å². The van der Waals surface area contributed by atoms with E-state index in [0.29, 0.717) is 12.8 Å². The number of hydrogen-bond donors (Lipinski definition) is 2. The highest BCUT2D eigenvalue weighted by Gasteiger charge is 2.47. The largest absolute Gasteiger partial charge is 0.481 e. The SMILES string of the molecule is CC(C)(CCC(=O)O)NC(=O)C1CC1c1c(F)cccc1F. The lowest BCUT2D eigenvalue weighted by atomic mass is 9.97. The summed E-state index contributed by atoms with van der Waals surface area (Å²) in [6, 6.07) is 3.66. The lowest BCUT2D eigenvalue weighted by molar-refractivity contribution is -0.138. The van der Waals surface area contributed by atoms with Crippen LogP contribution in [0.4, 0.5) is 8.78 Å². The number of carboxylic acids is 1. The topological polar surface area (TPSA) is 66.4 Å². The van der Waals surface area contributed by atoms with Crippen molar-refractivity contribution in [3.8, 4) is 0 Å². The number of halogens is 2. The van der Waals surface area contributed by atoms with Crippen molar-refractivity contribution in [1.29, 1.82) is 0 Å².